The normalized spacial score (nSPS) is 17.3. The average Bonchev–Trinajstić information content (AvgIpc) is 2.60. The molecule has 0 spiro atoms. The molecule has 1 atom stereocenters. The van der Waals surface area contributed by atoms with E-state index < -0.39 is 10.0 Å². The van der Waals surface area contributed by atoms with Crippen molar-refractivity contribution in [1.29, 1.82) is 0 Å². The van der Waals surface area contributed by atoms with E-state index in [9.17, 15) is 8.42 Å². The standard InChI is InChI=1S/C19H23NO4S/c1-14(2)24-17-7-9-19(10-8-17)25(21,22)20-12-18-11-15-5-3-4-6-16(15)13-23-18/h3-10,14,18,20H,11-13H2,1-2H3. The van der Waals surface area contributed by atoms with Gasteiger partial charge >= 0.3 is 0 Å². The topological polar surface area (TPSA) is 64.6 Å². The molecule has 0 bridgehead atoms. The number of nitrogens with one attached hydrogen (secondary N) is 1. The van der Waals surface area contributed by atoms with E-state index in [2.05, 4.69) is 10.8 Å². The predicted octanol–water partition coefficient (Wildman–Crippen LogP) is 2.89. The van der Waals surface area contributed by atoms with Crippen LogP contribution in [0.2, 0.25) is 0 Å². The van der Waals surface area contributed by atoms with Crippen LogP contribution in [0, 0.1) is 0 Å². The zero-order chi connectivity index (χ0) is 17.9. The van der Waals surface area contributed by atoms with Gasteiger partial charge in [-0.15, -0.1) is 0 Å². The van der Waals surface area contributed by atoms with Crippen LogP contribution in [0.25, 0.3) is 0 Å². The van der Waals surface area contributed by atoms with Gasteiger partial charge < -0.3 is 9.47 Å². The molecule has 0 saturated carbocycles. The molecular formula is C19H23NO4S. The van der Waals surface area contributed by atoms with Gasteiger partial charge in [0.15, 0.2) is 0 Å². The Morgan fingerprint density at radius 2 is 1.80 bits per heavy atom. The van der Waals surface area contributed by atoms with Crippen LogP contribution in [0.3, 0.4) is 0 Å². The van der Waals surface area contributed by atoms with Crippen molar-refractivity contribution in [1.82, 2.24) is 4.72 Å². The SMILES string of the molecule is CC(C)Oc1ccc(S(=O)(=O)NCC2Cc3ccccc3CO2)cc1. The molecule has 1 aliphatic heterocycles. The lowest BCUT2D eigenvalue weighted by atomic mass is 9.99. The largest absolute Gasteiger partial charge is 0.491 e. The molecule has 5 nitrogen and oxygen atoms in total. The minimum Gasteiger partial charge on any atom is -0.491 e. The molecule has 0 radical (unpaired) electrons. The Morgan fingerprint density at radius 1 is 1.12 bits per heavy atom. The summed E-state index contributed by atoms with van der Waals surface area (Å²) in [6.07, 6.45) is 0.597. The Bertz CT molecular complexity index is 816. The fourth-order valence-corrected chi connectivity index (χ4v) is 3.86. The van der Waals surface area contributed by atoms with Crippen molar-refractivity contribution in [2.75, 3.05) is 6.54 Å². The molecule has 0 aromatic heterocycles. The van der Waals surface area contributed by atoms with E-state index in [1.807, 2.05) is 32.0 Å². The second-order valence-corrected chi connectivity index (χ2v) is 8.16. The van der Waals surface area contributed by atoms with Crippen LogP contribution in [-0.4, -0.2) is 27.2 Å². The summed E-state index contributed by atoms with van der Waals surface area (Å²) in [6.45, 7) is 4.62. The van der Waals surface area contributed by atoms with Gasteiger partial charge in [-0.05, 0) is 49.2 Å². The van der Waals surface area contributed by atoms with Crippen molar-refractivity contribution in [3.63, 3.8) is 0 Å². The fourth-order valence-electron chi connectivity index (χ4n) is 2.80. The van der Waals surface area contributed by atoms with Crippen LogP contribution in [0.5, 0.6) is 5.75 Å². The number of hydrogen-bond donors (Lipinski definition) is 1. The maximum Gasteiger partial charge on any atom is 0.240 e. The highest BCUT2D eigenvalue weighted by Gasteiger charge is 2.22. The van der Waals surface area contributed by atoms with Crippen molar-refractivity contribution in [3.05, 3.63) is 59.7 Å². The van der Waals surface area contributed by atoms with Crippen LogP contribution in [0.15, 0.2) is 53.4 Å². The monoisotopic (exact) mass is 361 g/mol. The third-order valence-electron chi connectivity index (χ3n) is 4.05. The minimum atomic E-state index is -3.57. The van der Waals surface area contributed by atoms with E-state index in [0.29, 0.717) is 18.8 Å². The van der Waals surface area contributed by atoms with Crippen molar-refractivity contribution >= 4 is 10.0 Å². The summed E-state index contributed by atoms with van der Waals surface area (Å²) in [5.74, 6) is 0.654. The molecular weight excluding hydrogens is 338 g/mol. The smallest absolute Gasteiger partial charge is 0.240 e. The quantitative estimate of drug-likeness (QED) is 0.859. The number of sulfonamides is 1. The molecule has 134 valence electrons. The second kappa shape index (κ2) is 7.56. The van der Waals surface area contributed by atoms with Gasteiger partial charge in [-0.2, -0.15) is 0 Å². The van der Waals surface area contributed by atoms with Gasteiger partial charge in [-0.25, -0.2) is 13.1 Å². The zero-order valence-corrected chi connectivity index (χ0v) is 15.3. The van der Waals surface area contributed by atoms with E-state index in [4.69, 9.17) is 9.47 Å². The summed E-state index contributed by atoms with van der Waals surface area (Å²) in [7, 11) is -3.57. The highest BCUT2D eigenvalue weighted by Crippen LogP contribution is 2.21. The molecule has 1 unspecified atom stereocenters. The van der Waals surface area contributed by atoms with Crippen LogP contribution in [0.1, 0.15) is 25.0 Å². The fraction of sp³-hybridized carbons (Fsp3) is 0.368. The lowest BCUT2D eigenvalue weighted by Gasteiger charge is -2.25. The Hall–Kier alpha value is -1.89. The predicted molar refractivity (Wildman–Crippen MR) is 96.1 cm³/mol. The van der Waals surface area contributed by atoms with Crippen molar-refractivity contribution < 1.29 is 17.9 Å². The molecule has 2 aromatic rings. The molecule has 0 aliphatic carbocycles. The van der Waals surface area contributed by atoms with E-state index in [1.165, 1.54) is 11.1 Å². The molecule has 0 saturated heterocycles. The van der Waals surface area contributed by atoms with E-state index in [0.717, 1.165) is 0 Å². The summed E-state index contributed by atoms with van der Waals surface area (Å²) in [6, 6.07) is 14.5. The third kappa shape index (κ3) is 4.60. The molecule has 0 amide bonds. The van der Waals surface area contributed by atoms with E-state index >= 15 is 0 Å². The summed E-state index contributed by atoms with van der Waals surface area (Å²) in [5.41, 5.74) is 2.38. The number of ether oxygens (including phenoxy) is 2. The molecule has 1 aliphatic rings. The maximum atomic E-state index is 12.4. The summed E-state index contributed by atoms with van der Waals surface area (Å²) in [5, 5.41) is 0. The lowest BCUT2D eigenvalue weighted by molar-refractivity contribution is 0.0322. The average molecular weight is 361 g/mol. The number of benzene rings is 2. The van der Waals surface area contributed by atoms with Crippen LogP contribution < -0.4 is 9.46 Å². The molecule has 6 heteroatoms. The summed E-state index contributed by atoms with van der Waals surface area (Å²) in [4.78, 5) is 0.222. The third-order valence-corrected chi connectivity index (χ3v) is 5.49. The number of hydrogen-bond acceptors (Lipinski definition) is 4. The van der Waals surface area contributed by atoms with Crippen molar-refractivity contribution in [2.24, 2.45) is 0 Å². The maximum absolute atomic E-state index is 12.4. The van der Waals surface area contributed by atoms with Gasteiger partial charge in [0, 0.05) is 13.0 Å². The molecule has 3 rings (SSSR count). The van der Waals surface area contributed by atoms with Crippen LogP contribution in [0.4, 0.5) is 0 Å². The van der Waals surface area contributed by atoms with Gasteiger partial charge in [0.05, 0.1) is 23.7 Å². The van der Waals surface area contributed by atoms with Gasteiger partial charge in [0.25, 0.3) is 0 Å². The molecule has 2 aromatic carbocycles. The van der Waals surface area contributed by atoms with E-state index in [1.54, 1.807) is 24.3 Å². The molecule has 25 heavy (non-hydrogen) atoms. The minimum absolute atomic E-state index is 0.0481. The first-order chi connectivity index (χ1) is 11.9. The van der Waals surface area contributed by atoms with Gasteiger partial charge in [0.1, 0.15) is 5.75 Å². The van der Waals surface area contributed by atoms with Crippen LogP contribution >= 0.6 is 0 Å². The first-order valence-electron chi connectivity index (χ1n) is 8.39. The highest BCUT2D eigenvalue weighted by molar-refractivity contribution is 7.89. The Kier molecular flexibility index (Phi) is 5.42. The first kappa shape index (κ1) is 17.9. The van der Waals surface area contributed by atoms with Crippen molar-refractivity contribution in [2.45, 2.75) is 44.0 Å². The first-order valence-corrected chi connectivity index (χ1v) is 9.87. The van der Waals surface area contributed by atoms with Gasteiger partial charge in [-0.1, -0.05) is 24.3 Å². The molecule has 1 heterocycles. The Labute approximate surface area is 149 Å². The van der Waals surface area contributed by atoms with Gasteiger partial charge in [-0.3, -0.25) is 0 Å². The zero-order valence-electron chi connectivity index (χ0n) is 14.4. The van der Waals surface area contributed by atoms with E-state index in [-0.39, 0.29) is 23.6 Å². The highest BCUT2D eigenvalue weighted by atomic mass is 32.2. The Morgan fingerprint density at radius 3 is 2.48 bits per heavy atom. The molecule has 0 fully saturated rings. The number of fused-ring (bicyclic) bond motifs is 1. The summed E-state index contributed by atoms with van der Waals surface area (Å²) >= 11 is 0. The second-order valence-electron chi connectivity index (χ2n) is 6.40. The number of rotatable bonds is 6. The van der Waals surface area contributed by atoms with Gasteiger partial charge in [0.2, 0.25) is 10.0 Å². The summed E-state index contributed by atoms with van der Waals surface area (Å²) < 4.78 is 38.8. The van der Waals surface area contributed by atoms with Crippen LogP contribution in [-0.2, 0) is 27.8 Å². The Balaban J connectivity index is 1.60. The lowest BCUT2D eigenvalue weighted by Crippen LogP contribution is -2.36. The molecule has 1 N–H and O–H groups in total. The van der Waals surface area contributed by atoms with Crippen molar-refractivity contribution in [3.8, 4) is 5.75 Å².